The zero-order valence-corrected chi connectivity index (χ0v) is 15.8. The van der Waals surface area contributed by atoms with E-state index in [0.29, 0.717) is 8.95 Å². The number of carbonyl (C=O) groups excluding carboxylic acids is 1. The molecule has 1 amide bonds. The van der Waals surface area contributed by atoms with Gasteiger partial charge in [-0.2, -0.15) is 4.72 Å². The summed E-state index contributed by atoms with van der Waals surface area (Å²) >= 11 is 6.40. The molecule has 21 heavy (non-hydrogen) atoms. The first-order chi connectivity index (χ1) is 9.54. The molecule has 118 valence electrons. The molecule has 0 aliphatic carbocycles. The lowest BCUT2D eigenvalue weighted by Gasteiger charge is -2.17. The lowest BCUT2D eigenvalue weighted by molar-refractivity contribution is -0.122. The minimum Gasteiger partial charge on any atom is -0.398 e. The number of nitrogens with two attached hydrogens (primary N) is 1. The van der Waals surface area contributed by atoms with Crippen molar-refractivity contribution in [1.82, 2.24) is 10.0 Å². The topological polar surface area (TPSA) is 101 Å². The number of nitrogen functional groups attached to an aromatic ring is 1. The molecule has 0 heterocycles. The number of amides is 1. The molecule has 0 saturated carbocycles. The number of hydrogen-bond acceptors (Lipinski definition) is 4. The van der Waals surface area contributed by atoms with E-state index < -0.39 is 22.0 Å². The minimum absolute atomic E-state index is 0.0751. The predicted molar refractivity (Wildman–Crippen MR) is 89.3 cm³/mol. The van der Waals surface area contributed by atoms with Gasteiger partial charge in [0, 0.05) is 15.0 Å². The maximum atomic E-state index is 12.4. The fraction of sp³-hybridized carbons (Fsp3) is 0.417. The molecule has 0 saturated heterocycles. The molecule has 0 aliphatic rings. The van der Waals surface area contributed by atoms with Crippen LogP contribution in [0, 0.1) is 0 Å². The summed E-state index contributed by atoms with van der Waals surface area (Å²) in [6.07, 6.45) is 0. The van der Waals surface area contributed by atoms with E-state index in [1.807, 2.05) is 0 Å². The van der Waals surface area contributed by atoms with Crippen molar-refractivity contribution in [2.45, 2.75) is 37.8 Å². The molecular weight excluding hydrogens is 426 g/mol. The molecule has 1 unspecified atom stereocenters. The maximum Gasteiger partial charge on any atom is 0.244 e. The van der Waals surface area contributed by atoms with E-state index in [4.69, 9.17) is 5.73 Å². The fourth-order valence-corrected chi connectivity index (χ4v) is 4.89. The van der Waals surface area contributed by atoms with E-state index in [0.717, 1.165) is 0 Å². The third kappa shape index (κ3) is 4.94. The van der Waals surface area contributed by atoms with Gasteiger partial charge in [0.15, 0.2) is 0 Å². The summed E-state index contributed by atoms with van der Waals surface area (Å²) in [6.45, 7) is 5.06. The molecule has 9 heteroatoms. The standard InChI is InChI=1S/C12H17Br2N3O3S/c1-6(2)16-12(18)7(3)17-21(19,20)11-9(14)4-8(13)5-10(11)15/h4-7,17H,15H2,1-3H3,(H,16,18). The van der Waals surface area contributed by atoms with Crippen LogP contribution in [0.5, 0.6) is 0 Å². The second-order valence-corrected chi connectivity index (χ2v) is 8.23. The van der Waals surface area contributed by atoms with Crippen LogP contribution in [0.2, 0.25) is 0 Å². The number of nitrogens with one attached hydrogen (secondary N) is 2. The van der Waals surface area contributed by atoms with E-state index >= 15 is 0 Å². The van der Waals surface area contributed by atoms with Crippen molar-refractivity contribution in [3.8, 4) is 0 Å². The van der Waals surface area contributed by atoms with Crippen LogP contribution in [0.4, 0.5) is 5.69 Å². The Bertz CT molecular complexity index is 624. The zero-order chi connectivity index (χ0) is 16.4. The van der Waals surface area contributed by atoms with E-state index in [1.165, 1.54) is 13.0 Å². The third-order valence-corrected chi connectivity index (χ3v) is 5.46. The smallest absolute Gasteiger partial charge is 0.244 e. The van der Waals surface area contributed by atoms with Gasteiger partial charge >= 0.3 is 0 Å². The maximum absolute atomic E-state index is 12.4. The molecule has 0 radical (unpaired) electrons. The summed E-state index contributed by atoms with van der Waals surface area (Å²) in [7, 11) is -3.92. The number of sulfonamides is 1. The number of carbonyl (C=O) groups is 1. The Morgan fingerprint density at radius 1 is 1.24 bits per heavy atom. The van der Waals surface area contributed by atoms with Crippen LogP contribution < -0.4 is 15.8 Å². The highest BCUT2D eigenvalue weighted by Crippen LogP contribution is 2.31. The van der Waals surface area contributed by atoms with Gasteiger partial charge in [0.05, 0.1) is 11.7 Å². The molecule has 0 bridgehead atoms. The van der Waals surface area contributed by atoms with Crippen LogP contribution in [0.3, 0.4) is 0 Å². The number of hydrogen-bond donors (Lipinski definition) is 3. The molecule has 0 fully saturated rings. The molecule has 6 nitrogen and oxygen atoms in total. The predicted octanol–water partition coefficient (Wildman–Crippen LogP) is 1.99. The highest BCUT2D eigenvalue weighted by molar-refractivity contribution is 9.11. The molecule has 1 rings (SSSR count). The Morgan fingerprint density at radius 3 is 2.29 bits per heavy atom. The summed E-state index contributed by atoms with van der Waals surface area (Å²) in [4.78, 5) is 11.7. The fourth-order valence-electron chi connectivity index (χ4n) is 1.62. The van der Waals surface area contributed by atoms with Crippen LogP contribution in [0.15, 0.2) is 26.0 Å². The molecule has 0 aromatic heterocycles. The van der Waals surface area contributed by atoms with Crippen LogP contribution >= 0.6 is 31.9 Å². The van der Waals surface area contributed by atoms with Crippen LogP contribution in [0.1, 0.15) is 20.8 Å². The van der Waals surface area contributed by atoms with Gasteiger partial charge in [0.2, 0.25) is 15.9 Å². The Balaban J connectivity index is 3.05. The summed E-state index contributed by atoms with van der Waals surface area (Å²) in [5.41, 5.74) is 5.84. The van der Waals surface area contributed by atoms with E-state index in [-0.39, 0.29) is 16.6 Å². The molecule has 0 aliphatic heterocycles. The Kier molecular flexibility index (Phi) is 6.21. The molecule has 4 N–H and O–H groups in total. The van der Waals surface area contributed by atoms with Gasteiger partial charge in [-0.3, -0.25) is 4.79 Å². The van der Waals surface area contributed by atoms with Crippen LogP contribution in [-0.4, -0.2) is 26.4 Å². The second kappa shape index (κ2) is 7.08. The van der Waals surface area contributed by atoms with Crippen molar-refractivity contribution in [1.29, 1.82) is 0 Å². The molecule has 0 spiro atoms. The second-order valence-electron chi connectivity index (χ2n) is 4.81. The zero-order valence-electron chi connectivity index (χ0n) is 11.8. The first kappa shape index (κ1) is 18.4. The molecular formula is C12H17Br2N3O3S. The van der Waals surface area contributed by atoms with Crippen molar-refractivity contribution >= 4 is 53.5 Å². The lowest BCUT2D eigenvalue weighted by Crippen LogP contribution is -2.46. The van der Waals surface area contributed by atoms with Gasteiger partial charge in [-0.25, -0.2) is 8.42 Å². The van der Waals surface area contributed by atoms with Crippen molar-refractivity contribution < 1.29 is 13.2 Å². The first-order valence-corrected chi connectivity index (χ1v) is 9.18. The van der Waals surface area contributed by atoms with Gasteiger partial charge < -0.3 is 11.1 Å². The molecule has 1 atom stereocenters. The largest absolute Gasteiger partial charge is 0.398 e. The Labute approximate surface area is 141 Å². The first-order valence-electron chi connectivity index (χ1n) is 6.12. The monoisotopic (exact) mass is 441 g/mol. The minimum atomic E-state index is -3.92. The third-order valence-electron chi connectivity index (χ3n) is 2.46. The average Bonchev–Trinajstić information content (AvgIpc) is 2.24. The van der Waals surface area contributed by atoms with Gasteiger partial charge in [0.25, 0.3) is 0 Å². The van der Waals surface area contributed by atoms with Crippen molar-refractivity contribution in [3.05, 3.63) is 21.1 Å². The van der Waals surface area contributed by atoms with Crippen molar-refractivity contribution in [2.24, 2.45) is 0 Å². The number of anilines is 1. The van der Waals surface area contributed by atoms with Gasteiger partial charge in [0.1, 0.15) is 4.90 Å². The SMILES string of the molecule is CC(C)NC(=O)C(C)NS(=O)(=O)c1c(N)cc(Br)cc1Br. The van der Waals surface area contributed by atoms with E-state index in [9.17, 15) is 13.2 Å². The molecule has 1 aromatic carbocycles. The van der Waals surface area contributed by atoms with E-state index in [2.05, 4.69) is 41.9 Å². The highest BCUT2D eigenvalue weighted by Gasteiger charge is 2.26. The van der Waals surface area contributed by atoms with Crippen molar-refractivity contribution in [3.63, 3.8) is 0 Å². The van der Waals surface area contributed by atoms with Gasteiger partial charge in [-0.05, 0) is 48.8 Å². The van der Waals surface area contributed by atoms with Crippen molar-refractivity contribution in [2.75, 3.05) is 5.73 Å². The summed E-state index contributed by atoms with van der Waals surface area (Å²) in [6, 6.07) is 2.07. The highest BCUT2D eigenvalue weighted by atomic mass is 79.9. The van der Waals surface area contributed by atoms with E-state index in [1.54, 1.807) is 19.9 Å². The van der Waals surface area contributed by atoms with Crippen LogP contribution in [0.25, 0.3) is 0 Å². The van der Waals surface area contributed by atoms with Gasteiger partial charge in [-0.15, -0.1) is 0 Å². The number of rotatable bonds is 5. The summed E-state index contributed by atoms with van der Waals surface area (Å²) < 4.78 is 28.0. The molecule has 1 aromatic rings. The number of halogens is 2. The Hall–Kier alpha value is -0.640. The normalized spacial score (nSPS) is 13.2. The van der Waals surface area contributed by atoms with Crippen LogP contribution in [-0.2, 0) is 14.8 Å². The summed E-state index contributed by atoms with van der Waals surface area (Å²) in [5.74, 6) is -0.402. The number of benzene rings is 1. The Morgan fingerprint density at radius 2 is 1.81 bits per heavy atom. The summed E-state index contributed by atoms with van der Waals surface area (Å²) in [5, 5.41) is 2.64. The van der Waals surface area contributed by atoms with Gasteiger partial charge in [-0.1, -0.05) is 15.9 Å². The quantitative estimate of drug-likeness (QED) is 0.606. The lowest BCUT2D eigenvalue weighted by atomic mass is 10.3. The average molecular weight is 443 g/mol.